The molecule has 2 aromatic carbocycles. The van der Waals surface area contributed by atoms with Crippen LogP contribution >= 0.6 is 0 Å². The summed E-state index contributed by atoms with van der Waals surface area (Å²) in [4.78, 5) is 14.7. The van der Waals surface area contributed by atoms with Crippen molar-refractivity contribution >= 4 is 17.3 Å². The van der Waals surface area contributed by atoms with Crippen LogP contribution in [-0.2, 0) is 24.8 Å². The molecule has 31 heavy (non-hydrogen) atoms. The second kappa shape index (κ2) is 10.3. The smallest absolute Gasteiger partial charge is 0.224 e. The van der Waals surface area contributed by atoms with Crippen LogP contribution in [0.15, 0.2) is 67.0 Å². The first-order valence-corrected chi connectivity index (χ1v) is 11.1. The minimum Gasteiger partial charge on any atom is -0.371 e. The maximum absolute atomic E-state index is 12.2. The van der Waals surface area contributed by atoms with Gasteiger partial charge in [0.1, 0.15) is 0 Å². The third kappa shape index (κ3) is 6.18. The molecule has 162 valence electrons. The van der Waals surface area contributed by atoms with Gasteiger partial charge in [-0.3, -0.25) is 9.48 Å². The molecule has 0 atom stereocenters. The molecule has 1 amide bonds. The van der Waals surface area contributed by atoms with Crippen molar-refractivity contribution in [2.75, 3.05) is 23.3 Å². The Morgan fingerprint density at radius 2 is 1.77 bits per heavy atom. The molecule has 1 aliphatic heterocycles. The molecule has 6 nitrogen and oxygen atoms in total. The Morgan fingerprint density at radius 1 is 1.03 bits per heavy atom. The van der Waals surface area contributed by atoms with E-state index in [1.165, 1.54) is 16.8 Å². The fraction of sp³-hybridized carbons (Fsp3) is 0.360. The number of anilines is 2. The van der Waals surface area contributed by atoms with Crippen LogP contribution < -0.4 is 15.5 Å². The van der Waals surface area contributed by atoms with E-state index in [0.717, 1.165) is 44.6 Å². The monoisotopic (exact) mass is 417 g/mol. The third-order valence-electron chi connectivity index (χ3n) is 5.85. The van der Waals surface area contributed by atoms with Crippen molar-refractivity contribution < 1.29 is 4.79 Å². The molecular formula is C25H31N5O. The lowest BCUT2D eigenvalue weighted by Crippen LogP contribution is -2.42. The molecule has 2 heterocycles. The Morgan fingerprint density at radius 3 is 2.45 bits per heavy atom. The molecular weight excluding hydrogens is 386 g/mol. The zero-order valence-corrected chi connectivity index (χ0v) is 18.1. The van der Waals surface area contributed by atoms with Gasteiger partial charge in [-0.25, -0.2) is 0 Å². The number of rotatable bonds is 8. The van der Waals surface area contributed by atoms with Crippen LogP contribution in [0, 0.1) is 0 Å². The molecule has 0 radical (unpaired) electrons. The van der Waals surface area contributed by atoms with Crippen molar-refractivity contribution in [3.8, 4) is 0 Å². The Bertz CT molecular complexity index is 959. The number of carbonyl (C=O) groups is 1. The summed E-state index contributed by atoms with van der Waals surface area (Å²) in [6, 6.07) is 18.9. The Labute approximate surface area is 184 Å². The van der Waals surface area contributed by atoms with Crippen molar-refractivity contribution in [1.82, 2.24) is 15.1 Å². The number of nitrogens with zero attached hydrogens (tertiary/aromatic N) is 3. The summed E-state index contributed by atoms with van der Waals surface area (Å²) in [5.74, 6) is 0.0529. The lowest BCUT2D eigenvalue weighted by Gasteiger charge is -2.34. The van der Waals surface area contributed by atoms with Crippen molar-refractivity contribution in [1.29, 1.82) is 0 Å². The van der Waals surface area contributed by atoms with E-state index in [2.05, 4.69) is 51.1 Å². The molecule has 1 fully saturated rings. The lowest BCUT2D eigenvalue weighted by molar-refractivity contribution is -0.116. The minimum absolute atomic E-state index is 0.0529. The predicted molar refractivity (Wildman–Crippen MR) is 125 cm³/mol. The molecule has 1 saturated heterocycles. The van der Waals surface area contributed by atoms with Crippen LogP contribution in [0.1, 0.15) is 30.4 Å². The summed E-state index contributed by atoms with van der Waals surface area (Å²) >= 11 is 0. The average molecular weight is 418 g/mol. The topological polar surface area (TPSA) is 62.2 Å². The van der Waals surface area contributed by atoms with E-state index in [9.17, 15) is 4.79 Å². The molecule has 0 spiro atoms. The molecule has 1 aromatic heterocycles. The van der Waals surface area contributed by atoms with Gasteiger partial charge in [0.25, 0.3) is 0 Å². The third-order valence-corrected chi connectivity index (χ3v) is 5.85. The van der Waals surface area contributed by atoms with Gasteiger partial charge in [0.2, 0.25) is 5.91 Å². The van der Waals surface area contributed by atoms with Crippen molar-refractivity contribution in [3.63, 3.8) is 0 Å². The fourth-order valence-electron chi connectivity index (χ4n) is 4.05. The molecule has 3 aromatic rings. The highest BCUT2D eigenvalue weighted by atomic mass is 16.1. The second-order valence-corrected chi connectivity index (χ2v) is 8.25. The fourth-order valence-corrected chi connectivity index (χ4v) is 4.05. The van der Waals surface area contributed by atoms with Gasteiger partial charge >= 0.3 is 0 Å². The first-order chi connectivity index (χ1) is 15.2. The minimum atomic E-state index is 0.0529. The highest BCUT2D eigenvalue weighted by molar-refractivity contribution is 5.91. The van der Waals surface area contributed by atoms with Crippen LogP contribution in [0.2, 0.25) is 0 Å². The lowest BCUT2D eigenvalue weighted by atomic mass is 10.0. The number of aryl methyl sites for hydroxylation is 2. The summed E-state index contributed by atoms with van der Waals surface area (Å²) in [5.41, 5.74) is 4.49. The van der Waals surface area contributed by atoms with Crippen LogP contribution in [0.5, 0.6) is 0 Å². The number of carbonyl (C=O) groups excluding carboxylic acids is 1. The van der Waals surface area contributed by atoms with E-state index >= 15 is 0 Å². The first-order valence-electron chi connectivity index (χ1n) is 11.1. The zero-order chi connectivity index (χ0) is 21.5. The highest BCUT2D eigenvalue weighted by Crippen LogP contribution is 2.22. The number of aromatic nitrogens is 2. The van der Waals surface area contributed by atoms with Gasteiger partial charge in [-0.05, 0) is 49.1 Å². The maximum Gasteiger partial charge on any atom is 0.224 e. The number of hydrogen-bond donors (Lipinski definition) is 2. The Balaban J connectivity index is 1.20. The quantitative estimate of drug-likeness (QED) is 0.586. The van der Waals surface area contributed by atoms with Crippen molar-refractivity contribution in [2.24, 2.45) is 7.05 Å². The van der Waals surface area contributed by atoms with Gasteiger partial charge in [0, 0.05) is 62.3 Å². The van der Waals surface area contributed by atoms with E-state index < -0.39 is 0 Å². The van der Waals surface area contributed by atoms with Gasteiger partial charge in [0.05, 0.1) is 6.20 Å². The largest absolute Gasteiger partial charge is 0.371 e. The average Bonchev–Trinajstić information content (AvgIpc) is 3.23. The molecule has 0 saturated carbocycles. The van der Waals surface area contributed by atoms with Crippen LogP contribution in [0.4, 0.5) is 11.4 Å². The van der Waals surface area contributed by atoms with E-state index in [4.69, 9.17) is 0 Å². The van der Waals surface area contributed by atoms with Crippen LogP contribution in [0.25, 0.3) is 0 Å². The van der Waals surface area contributed by atoms with E-state index in [1.807, 2.05) is 48.3 Å². The van der Waals surface area contributed by atoms with Crippen LogP contribution in [0.3, 0.4) is 0 Å². The number of nitrogens with one attached hydrogen (secondary N) is 2. The predicted octanol–water partition coefficient (Wildman–Crippen LogP) is 3.75. The van der Waals surface area contributed by atoms with Gasteiger partial charge < -0.3 is 15.5 Å². The highest BCUT2D eigenvalue weighted by Gasteiger charge is 2.19. The molecule has 4 rings (SSSR count). The summed E-state index contributed by atoms with van der Waals surface area (Å²) in [6.45, 7) is 2.94. The number of piperidine rings is 1. The van der Waals surface area contributed by atoms with Crippen LogP contribution in [-0.4, -0.2) is 34.8 Å². The van der Waals surface area contributed by atoms with Crippen molar-refractivity contribution in [2.45, 2.75) is 38.3 Å². The maximum atomic E-state index is 12.2. The van der Waals surface area contributed by atoms with Gasteiger partial charge in [-0.15, -0.1) is 0 Å². The molecule has 6 heteroatoms. The van der Waals surface area contributed by atoms with E-state index in [1.54, 1.807) is 0 Å². The normalized spacial score (nSPS) is 14.5. The Kier molecular flexibility index (Phi) is 6.99. The van der Waals surface area contributed by atoms with E-state index in [-0.39, 0.29) is 5.91 Å². The summed E-state index contributed by atoms with van der Waals surface area (Å²) < 4.78 is 1.84. The standard InChI is InChI=1S/C25H31N5O/c1-29-19-21(18-27-29)17-26-22-13-15-30(16-14-22)24-10-8-23(9-11-24)28-25(31)12-7-20-5-3-2-4-6-20/h2-6,8-11,18-19,22,26H,7,12-17H2,1H3,(H,28,31). The molecule has 1 aliphatic rings. The number of amides is 1. The summed E-state index contributed by atoms with van der Waals surface area (Å²) in [7, 11) is 1.95. The number of benzene rings is 2. The molecule has 2 N–H and O–H groups in total. The molecule has 0 aliphatic carbocycles. The summed E-state index contributed by atoms with van der Waals surface area (Å²) in [5, 5.41) is 10.9. The van der Waals surface area contributed by atoms with Crippen molar-refractivity contribution in [3.05, 3.63) is 78.1 Å². The second-order valence-electron chi connectivity index (χ2n) is 8.25. The summed E-state index contributed by atoms with van der Waals surface area (Å²) in [6.07, 6.45) is 7.48. The van der Waals surface area contributed by atoms with Gasteiger partial charge in [-0.2, -0.15) is 5.10 Å². The van der Waals surface area contributed by atoms with E-state index in [0.29, 0.717) is 12.5 Å². The van der Waals surface area contributed by atoms with Gasteiger partial charge in [0.15, 0.2) is 0 Å². The van der Waals surface area contributed by atoms with Gasteiger partial charge in [-0.1, -0.05) is 30.3 Å². The molecule has 0 unspecified atom stereocenters. The molecule has 0 bridgehead atoms. The number of hydrogen-bond acceptors (Lipinski definition) is 4. The first kappa shape index (κ1) is 21.1. The Hall–Kier alpha value is -3.12. The SMILES string of the molecule is Cn1cc(CNC2CCN(c3ccc(NC(=O)CCc4ccccc4)cc3)CC2)cn1. The zero-order valence-electron chi connectivity index (χ0n) is 18.1.